The van der Waals surface area contributed by atoms with Crippen molar-refractivity contribution in [3.05, 3.63) is 47.7 Å². The Labute approximate surface area is 163 Å². The standard InChI is InChI=1S/C21H23N3O4/c1-4-6-17(25)15-8-9-18-16(11-15)24(21(27)14(3)28-18)12-19(26)23-20-13(2)7-5-10-22-20/h5,7-11,14H,4,6,12H2,1-3H3,(H,22,23,26). The molecule has 2 aromatic rings. The van der Waals surface area contributed by atoms with Crippen molar-refractivity contribution in [2.24, 2.45) is 0 Å². The third kappa shape index (κ3) is 4.03. The van der Waals surface area contributed by atoms with Crippen LogP contribution in [0.4, 0.5) is 11.5 Å². The first-order valence-corrected chi connectivity index (χ1v) is 9.27. The lowest BCUT2D eigenvalue weighted by Crippen LogP contribution is -2.47. The molecule has 1 aliphatic rings. The molecule has 0 radical (unpaired) electrons. The topological polar surface area (TPSA) is 88.6 Å². The summed E-state index contributed by atoms with van der Waals surface area (Å²) >= 11 is 0. The van der Waals surface area contributed by atoms with Crippen LogP contribution in [0.25, 0.3) is 0 Å². The molecule has 7 nitrogen and oxygen atoms in total. The van der Waals surface area contributed by atoms with Crippen molar-refractivity contribution < 1.29 is 19.1 Å². The molecular weight excluding hydrogens is 358 g/mol. The van der Waals surface area contributed by atoms with Crippen LogP contribution < -0.4 is 15.0 Å². The summed E-state index contributed by atoms with van der Waals surface area (Å²) in [6.07, 6.45) is 2.03. The molecule has 0 aliphatic carbocycles. The number of hydrogen-bond donors (Lipinski definition) is 1. The fourth-order valence-electron chi connectivity index (χ4n) is 3.05. The van der Waals surface area contributed by atoms with Crippen LogP contribution in [0.3, 0.4) is 0 Å². The highest BCUT2D eigenvalue weighted by Gasteiger charge is 2.33. The molecule has 1 aromatic heterocycles. The number of benzene rings is 1. The Hall–Kier alpha value is -3.22. The summed E-state index contributed by atoms with van der Waals surface area (Å²) in [5.74, 6) is 0.209. The molecule has 0 fully saturated rings. The lowest BCUT2D eigenvalue weighted by molar-refractivity contribution is -0.127. The van der Waals surface area contributed by atoms with E-state index in [1.165, 1.54) is 4.90 Å². The number of nitrogens with one attached hydrogen (secondary N) is 1. The van der Waals surface area contributed by atoms with E-state index < -0.39 is 6.10 Å². The van der Waals surface area contributed by atoms with Gasteiger partial charge in [-0.25, -0.2) is 4.98 Å². The minimum Gasteiger partial charge on any atom is -0.479 e. The minimum atomic E-state index is -0.714. The Morgan fingerprint density at radius 2 is 2.07 bits per heavy atom. The molecule has 0 spiro atoms. The highest BCUT2D eigenvalue weighted by Crippen LogP contribution is 2.35. The fourth-order valence-corrected chi connectivity index (χ4v) is 3.05. The van der Waals surface area contributed by atoms with Gasteiger partial charge in [0.25, 0.3) is 5.91 Å². The zero-order chi connectivity index (χ0) is 20.3. The normalized spacial score (nSPS) is 15.6. The quantitative estimate of drug-likeness (QED) is 0.777. The van der Waals surface area contributed by atoms with E-state index in [2.05, 4.69) is 10.3 Å². The SMILES string of the molecule is CCCC(=O)c1ccc2c(c1)N(CC(=O)Nc1ncccc1C)C(=O)C(C)O2. The Morgan fingerprint density at radius 1 is 1.29 bits per heavy atom. The van der Waals surface area contributed by atoms with E-state index in [1.54, 1.807) is 37.4 Å². The summed E-state index contributed by atoms with van der Waals surface area (Å²) in [5, 5.41) is 2.73. The van der Waals surface area contributed by atoms with Crippen LogP contribution in [0.1, 0.15) is 42.6 Å². The van der Waals surface area contributed by atoms with Gasteiger partial charge in [-0.3, -0.25) is 19.3 Å². The van der Waals surface area contributed by atoms with Crippen LogP contribution in [0, 0.1) is 6.92 Å². The lowest BCUT2D eigenvalue weighted by Gasteiger charge is -2.32. The second-order valence-electron chi connectivity index (χ2n) is 6.76. The summed E-state index contributed by atoms with van der Waals surface area (Å²) < 4.78 is 5.64. The first-order valence-electron chi connectivity index (χ1n) is 9.27. The number of nitrogens with zero attached hydrogens (tertiary/aromatic N) is 2. The molecule has 1 unspecified atom stereocenters. The van der Waals surface area contributed by atoms with Crippen molar-refractivity contribution in [2.75, 3.05) is 16.8 Å². The number of aromatic nitrogens is 1. The highest BCUT2D eigenvalue weighted by atomic mass is 16.5. The third-order valence-electron chi connectivity index (χ3n) is 4.54. The Kier molecular flexibility index (Phi) is 5.73. The number of fused-ring (bicyclic) bond motifs is 1. The van der Waals surface area contributed by atoms with Crippen LogP contribution >= 0.6 is 0 Å². The van der Waals surface area contributed by atoms with Gasteiger partial charge in [-0.2, -0.15) is 0 Å². The number of carbonyl (C=O) groups is 3. The minimum absolute atomic E-state index is 0.00937. The van der Waals surface area contributed by atoms with E-state index in [0.29, 0.717) is 29.2 Å². The molecule has 2 amide bonds. The Morgan fingerprint density at radius 3 is 2.79 bits per heavy atom. The van der Waals surface area contributed by atoms with Gasteiger partial charge in [0, 0.05) is 18.2 Å². The summed E-state index contributed by atoms with van der Waals surface area (Å²) in [6, 6.07) is 8.61. The van der Waals surface area contributed by atoms with Gasteiger partial charge in [-0.1, -0.05) is 13.0 Å². The molecule has 2 heterocycles. The van der Waals surface area contributed by atoms with Crippen molar-refractivity contribution in [3.63, 3.8) is 0 Å². The van der Waals surface area contributed by atoms with Crippen LogP contribution in [0.5, 0.6) is 5.75 Å². The van der Waals surface area contributed by atoms with Gasteiger partial charge in [-0.15, -0.1) is 0 Å². The number of anilines is 2. The summed E-state index contributed by atoms with van der Waals surface area (Å²) in [6.45, 7) is 5.21. The predicted molar refractivity (Wildman–Crippen MR) is 106 cm³/mol. The number of carbonyl (C=O) groups excluding carboxylic acids is 3. The van der Waals surface area contributed by atoms with Crippen molar-refractivity contribution in [3.8, 4) is 5.75 Å². The van der Waals surface area contributed by atoms with E-state index in [4.69, 9.17) is 4.74 Å². The Balaban J connectivity index is 1.87. The largest absolute Gasteiger partial charge is 0.479 e. The average molecular weight is 381 g/mol. The first kappa shape index (κ1) is 19.5. The summed E-state index contributed by atoms with van der Waals surface area (Å²) in [5.41, 5.74) is 1.75. The maximum absolute atomic E-state index is 12.7. The number of amides is 2. The molecule has 0 bridgehead atoms. The zero-order valence-electron chi connectivity index (χ0n) is 16.2. The van der Waals surface area contributed by atoms with E-state index in [9.17, 15) is 14.4 Å². The van der Waals surface area contributed by atoms with Crippen molar-refractivity contribution in [1.82, 2.24) is 4.98 Å². The van der Waals surface area contributed by atoms with Crippen molar-refractivity contribution in [1.29, 1.82) is 0 Å². The molecule has 1 aromatic carbocycles. The first-order chi connectivity index (χ1) is 13.4. The van der Waals surface area contributed by atoms with Gasteiger partial charge in [0.1, 0.15) is 18.1 Å². The van der Waals surface area contributed by atoms with E-state index in [0.717, 1.165) is 12.0 Å². The van der Waals surface area contributed by atoms with Gasteiger partial charge in [0.05, 0.1) is 5.69 Å². The number of ether oxygens (including phenoxy) is 1. The molecule has 1 atom stereocenters. The maximum Gasteiger partial charge on any atom is 0.268 e. The number of rotatable bonds is 6. The maximum atomic E-state index is 12.7. The molecular formula is C21H23N3O4. The molecule has 0 saturated heterocycles. The second kappa shape index (κ2) is 8.21. The average Bonchev–Trinajstić information content (AvgIpc) is 2.67. The van der Waals surface area contributed by atoms with Gasteiger partial charge in [0.15, 0.2) is 11.9 Å². The summed E-state index contributed by atoms with van der Waals surface area (Å²) in [4.78, 5) is 43.0. The molecule has 146 valence electrons. The van der Waals surface area contributed by atoms with E-state index in [1.807, 2.05) is 19.9 Å². The van der Waals surface area contributed by atoms with Crippen LogP contribution in [0.15, 0.2) is 36.5 Å². The zero-order valence-corrected chi connectivity index (χ0v) is 16.2. The molecule has 1 N–H and O–H groups in total. The number of hydrogen-bond acceptors (Lipinski definition) is 5. The van der Waals surface area contributed by atoms with Crippen LogP contribution in [-0.4, -0.2) is 35.2 Å². The monoisotopic (exact) mass is 381 g/mol. The molecule has 0 saturated carbocycles. The van der Waals surface area contributed by atoms with Crippen LogP contribution in [-0.2, 0) is 9.59 Å². The number of aryl methyl sites for hydroxylation is 1. The van der Waals surface area contributed by atoms with Gasteiger partial charge in [0.2, 0.25) is 5.91 Å². The van der Waals surface area contributed by atoms with Crippen molar-refractivity contribution in [2.45, 2.75) is 39.7 Å². The number of Topliss-reactive ketones (excluding diaryl/α,β-unsaturated/α-hetero) is 1. The van der Waals surface area contributed by atoms with Crippen LogP contribution in [0.2, 0.25) is 0 Å². The Bertz CT molecular complexity index is 926. The predicted octanol–water partition coefficient (Wildman–Crippen LogP) is 3.13. The van der Waals surface area contributed by atoms with E-state index in [-0.39, 0.29) is 24.1 Å². The van der Waals surface area contributed by atoms with Gasteiger partial charge >= 0.3 is 0 Å². The number of ketones is 1. The van der Waals surface area contributed by atoms with E-state index >= 15 is 0 Å². The summed E-state index contributed by atoms with van der Waals surface area (Å²) in [7, 11) is 0. The molecule has 7 heteroatoms. The highest BCUT2D eigenvalue weighted by molar-refractivity contribution is 6.07. The van der Waals surface area contributed by atoms with Crippen molar-refractivity contribution >= 4 is 29.1 Å². The van der Waals surface area contributed by atoms with Gasteiger partial charge in [-0.05, 0) is 50.1 Å². The smallest absolute Gasteiger partial charge is 0.268 e. The fraction of sp³-hybridized carbons (Fsp3) is 0.333. The van der Waals surface area contributed by atoms with Gasteiger partial charge < -0.3 is 10.1 Å². The lowest BCUT2D eigenvalue weighted by atomic mass is 10.0. The molecule has 28 heavy (non-hydrogen) atoms. The second-order valence-corrected chi connectivity index (χ2v) is 6.76. The molecule has 3 rings (SSSR count). The molecule has 1 aliphatic heterocycles. The number of pyridine rings is 1. The third-order valence-corrected chi connectivity index (χ3v) is 4.54.